The fourth-order valence-electron chi connectivity index (χ4n) is 1.65. The fourth-order valence-corrected chi connectivity index (χ4v) is 2.22. The van der Waals surface area contributed by atoms with Gasteiger partial charge in [0.05, 0.1) is 11.1 Å². The first-order valence-electron chi connectivity index (χ1n) is 5.14. The van der Waals surface area contributed by atoms with Gasteiger partial charge in [0.15, 0.2) is 0 Å². The van der Waals surface area contributed by atoms with Gasteiger partial charge in [-0.1, -0.05) is 15.9 Å². The molecule has 1 heterocycles. The van der Waals surface area contributed by atoms with Crippen molar-refractivity contribution in [1.82, 2.24) is 4.98 Å². The molecule has 0 aliphatic heterocycles. The predicted molar refractivity (Wildman–Crippen MR) is 65.8 cm³/mol. The number of fused-ring (bicyclic) bond motifs is 1. The van der Waals surface area contributed by atoms with Crippen molar-refractivity contribution in [2.45, 2.75) is 13.1 Å². The molecule has 0 atom stereocenters. The first kappa shape index (κ1) is 13.8. The summed E-state index contributed by atoms with van der Waals surface area (Å²) in [5.41, 5.74) is -0.693. The van der Waals surface area contributed by atoms with Gasteiger partial charge in [-0.25, -0.2) is 4.98 Å². The highest BCUT2D eigenvalue weighted by atomic mass is 79.9. The van der Waals surface area contributed by atoms with E-state index >= 15 is 0 Å². The summed E-state index contributed by atoms with van der Waals surface area (Å²) >= 11 is 2.88. The molecule has 0 unspecified atom stereocenters. The van der Waals surface area contributed by atoms with Crippen LogP contribution in [0.1, 0.15) is 12.5 Å². The van der Waals surface area contributed by atoms with E-state index in [9.17, 15) is 18.0 Å². The summed E-state index contributed by atoms with van der Waals surface area (Å²) in [4.78, 5) is 14.6. The second kappa shape index (κ2) is 4.80. The molecular formula is C12H7BrF3NO2. The van der Waals surface area contributed by atoms with Gasteiger partial charge in [-0.15, -0.1) is 0 Å². The van der Waals surface area contributed by atoms with Crippen LogP contribution in [0.2, 0.25) is 0 Å². The maximum atomic E-state index is 12.9. The van der Waals surface area contributed by atoms with Crippen LogP contribution in [0.25, 0.3) is 10.9 Å². The number of rotatable bonds is 1. The average Bonchev–Trinajstić information content (AvgIpc) is 2.26. The highest BCUT2D eigenvalue weighted by Gasteiger charge is 2.35. The van der Waals surface area contributed by atoms with Crippen molar-refractivity contribution in [1.29, 1.82) is 0 Å². The summed E-state index contributed by atoms with van der Waals surface area (Å²) in [7, 11) is 0. The molecule has 19 heavy (non-hydrogen) atoms. The van der Waals surface area contributed by atoms with E-state index in [1.165, 1.54) is 31.2 Å². The van der Waals surface area contributed by atoms with Crippen LogP contribution in [0.15, 0.2) is 28.7 Å². The van der Waals surface area contributed by atoms with Crippen LogP contribution in [-0.2, 0) is 11.0 Å². The van der Waals surface area contributed by atoms with Crippen LogP contribution in [0.5, 0.6) is 5.88 Å². The van der Waals surface area contributed by atoms with E-state index < -0.39 is 17.7 Å². The van der Waals surface area contributed by atoms with Crippen LogP contribution < -0.4 is 4.74 Å². The predicted octanol–water partition coefficient (Wildman–Crippen LogP) is 3.94. The SMILES string of the molecule is CC(=O)Oc1ccc2c(C(F)(F)F)c(Br)ccc2n1. The second-order valence-electron chi connectivity index (χ2n) is 3.73. The summed E-state index contributed by atoms with van der Waals surface area (Å²) in [5, 5.41) is -0.0576. The highest BCUT2D eigenvalue weighted by Crippen LogP contribution is 2.39. The summed E-state index contributed by atoms with van der Waals surface area (Å²) in [6, 6.07) is 5.14. The van der Waals surface area contributed by atoms with Gasteiger partial charge in [-0.3, -0.25) is 4.79 Å². The van der Waals surface area contributed by atoms with Gasteiger partial charge in [-0.05, 0) is 18.2 Å². The fraction of sp³-hybridized carbons (Fsp3) is 0.167. The number of alkyl halides is 3. The molecule has 0 amide bonds. The molecule has 0 bridgehead atoms. The lowest BCUT2D eigenvalue weighted by Gasteiger charge is -2.12. The molecule has 0 N–H and O–H groups in total. The first-order chi connectivity index (χ1) is 8.79. The lowest BCUT2D eigenvalue weighted by atomic mass is 10.1. The molecule has 0 aliphatic rings. The van der Waals surface area contributed by atoms with Gasteiger partial charge < -0.3 is 4.74 Å². The van der Waals surface area contributed by atoms with Gasteiger partial charge in [0.1, 0.15) is 0 Å². The number of hydrogen-bond donors (Lipinski definition) is 0. The van der Waals surface area contributed by atoms with E-state index in [0.717, 1.165) is 0 Å². The van der Waals surface area contributed by atoms with Crippen molar-refractivity contribution in [3.8, 4) is 5.88 Å². The number of aromatic nitrogens is 1. The van der Waals surface area contributed by atoms with Crippen molar-refractivity contribution in [2.24, 2.45) is 0 Å². The van der Waals surface area contributed by atoms with E-state index in [1.807, 2.05) is 0 Å². The molecule has 3 nitrogen and oxygen atoms in total. The molecule has 0 aliphatic carbocycles. The average molecular weight is 334 g/mol. The minimum atomic E-state index is -4.50. The lowest BCUT2D eigenvalue weighted by Crippen LogP contribution is -2.08. The largest absolute Gasteiger partial charge is 0.418 e. The third-order valence-electron chi connectivity index (χ3n) is 2.33. The Morgan fingerprint density at radius 3 is 2.53 bits per heavy atom. The number of carbonyl (C=O) groups excluding carboxylic acids is 1. The van der Waals surface area contributed by atoms with Crippen molar-refractivity contribution >= 4 is 32.8 Å². The molecule has 0 fully saturated rings. The molecular weight excluding hydrogens is 327 g/mol. The Bertz CT molecular complexity index is 655. The van der Waals surface area contributed by atoms with Gasteiger partial charge in [-0.2, -0.15) is 13.2 Å². The van der Waals surface area contributed by atoms with E-state index in [-0.39, 0.29) is 21.3 Å². The molecule has 0 saturated carbocycles. The topological polar surface area (TPSA) is 39.2 Å². The summed E-state index contributed by atoms with van der Waals surface area (Å²) < 4.78 is 43.5. The molecule has 2 aromatic rings. The molecule has 0 saturated heterocycles. The van der Waals surface area contributed by atoms with Crippen LogP contribution in [-0.4, -0.2) is 11.0 Å². The highest BCUT2D eigenvalue weighted by molar-refractivity contribution is 9.10. The number of benzene rings is 1. The van der Waals surface area contributed by atoms with Crippen molar-refractivity contribution in [3.63, 3.8) is 0 Å². The molecule has 1 aromatic carbocycles. The number of halogens is 4. The second-order valence-corrected chi connectivity index (χ2v) is 4.58. The van der Waals surface area contributed by atoms with Crippen molar-refractivity contribution in [2.75, 3.05) is 0 Å². The zero-order chi connectivity index (χ0) is 14.2. The number of hydrogen-bond acceptors (Lipinski definition) is 3. The third kappa shape index (κ3) is 2.86. The van der Waals surface area contributed by atoms with E-state index in [0.29, 0.717) is 0 Å². The number of pyridine rings is 1. The van der Waals surface area contributed by atoms with Crippen molar-refractivity contribution < 1.29 is 22.7 Å². The maximum absolute atomic E-state index is 12.9. The van der Waals surface area contributed by atoms with Crippen molar-refractivity contribution in [3.05, 3.63) is 34.3 Å². The van der Waals surface area contributed by atoms with Crippen LogP contribution in [0, 0.1) is 0 Å². The Labute approximate surface area is 114 Å². The lowest BCUT2D eigenvalue weighted by molar-refractivity contribution is -0.137. The zero-order valence-corrected chi connectivity index (χ0v) is 11.2. The number of esters is 1. The van der Waals surface area contributed by atoms with Crippen LogP contribution >= 0.6 is 15.9 Å². The standard InChI is InChI=1S/C12H7BrF3NO2/c1-6(18)19-10-5-2-7-9(17-10)4-3-8(13)11(7)12(14,15)16/h2-5H,1H3. The number of nitrogens with zero attached hydrogens (tertiary/aromatic N) is 1. The summed E-state index contributed by atoms with van der Waals surface area (Å²) in [6.45, 7) is 1.19. The first-order valence-corrected chi connectivity index (χ1v) is 5.93. The number of ether oxygens (including phenoxy) is 1. The Hall–Kier alpha value is -1.63. The van der Waals surface area contributed by atoms with Gasteiger partial charge >= 0.3 is 12.1 Å². The quantitative estimate of drug-likeness (QED) is 0.742. The molecule has 2 rings (SSSR count). The van der Waals surface area contributed by atoms with Crippen LogP contribution in [0.3, 0.4) is 0 Å². The molecule has 100 valence electrons. The molecule has 0 spiro atoms. The Morgan fingerprint density at radius 1 is 1.26 bits per heavy atom. The zero-order valence-electron chi connectivity index (χ0n) is 9.58. The van der Waals surface area contributed by atoms with Crippen LogP contribution in [0.4, 0.5) is 13.2 Å². The van der Waals surface area contributed by atoms with E-state index in [4.69, 9.17) is 4.74 Å². The van der Waals surface area contributed by atoms with E-state index in [2.05, 4.69) is 20.9 Å². The smallest absolute Gasteiger partial charge is 0.408 e. The molecule has 1 aromatic heterocycles. The summed E-state index contributed by atoms with van der Waals surface area (Å²) in [6.07, 6.45) is -4.50. The Balaban J connectivity index is 2.65. The monoisotopic (exact) mass is 333 g/mol. The van der Waals surface area contributed by atoms with Gasteiger partial charge in [0.25, 0.3) is 0 Å². The maximum Gasteiger partial charge on any atom is 0.418 e. The van der Waals surface area contributed by atoms with E-state index in [1.54, 1.807) is 0 Å². The van der Waals surface area contributed by atoms with Gasteiger partial charge in [0, 0.05) is 22.8 Å². The summed E-state index contributed by atoms with van der Waals surface area (Å²) in [5.74, 6) is -0.615. The third-order valence-corrected chi connectivity index (χ3v) is 2.99. The molecule has 7 heteroatoms. The normalized spacial score (nSPS) is 11.6. The number of carbonyl (C=O) groups is 1. The Morgan fingerprint density at radius 2 is 1.95 bits per heavy atom. The Kier molecular flexibility index (Phi) is 3.49. The minimum absolute atomic E-state index is 0.0320. The molecule has 0 radical (unpaired) electrons. The van der Waals surface area contributed by atoms with Gasteiger partial charge in [0.2, 0.25) is 5.88 Å². The minimum Gasteiger partial charge on any atom is -0.408 e.